The first-order chi connectivity index (χ1) is 22.5. The molecular weight excluding hydrogens is 646 g/mol. The largest absolute Gasteiger partial charge is 0.348 e. The van der Waals surface area contributed by atoms with Crippen LogP contribution in [0.5, 0.6) is 0 Å². The minimum Gasteiger partial charge on any atom is -0.348 e. The Balaban J connectivity index is 1.11. The molecule has 47 heavy (non-hydrogen) atoms. The Labute approximate surface area is 265 Å². The maximum absolute atomic E-state index is 15.1. The van der Waals surface area contributed by atoms with Crippen LogP contribution in [0.4, 0.5) is 26.3 Å². The number of thiazole rings is 1. The first-order valence-electron chi connectivity index (χ1n) is 14.7. The van der Waals surface area contributed by atoms with Crippen molar-refractivity contribution >= 4 is 33.5 Å². The van der Waals surface area contributed by atoms with Gasteiger partial charge in [-0.05, 0) is 60.2 Å². The van der Waals surface area contributed by atoms with Gasteiger partial charge in [-0.1, -0.05) is 12.1 Å². The molecule has 8 nitrogen and oxygen atoms in total. The van der Waals surface area contributed by atoms with Crippen LogP contribution in [0.3, 0.4) is 0 Å². The number of hydrogen-bond donors (Lipinski definition) is 2. The molecule has 2 amide bonds. The van der Waals surface area contributed by atoms with Crippen LogP contribution in [0.15, 0.2) is 48.5 Å². The molecular formula is C32H22F6N6O2S. The summed E-state index contributed by atoms with van der Waals surface area (Å²) in [6, 6.07) is 10.6. The number of aromatic nitrogens is 4. The number of benzene rings is 2. The summed E-state index contributed by atoms with van der Waals surface area (Å²) >= 11 is 1.32. The van der Waals surface area contributed by atoms with E-state index in [-0.39, 0.29) is 35.6 Å². The fourth-order valence-electron chi connectivity index (χ4n) is 6.64. The van der Waals surface area contributed by atoms with Gasteiger partial charge in [-0.15, -0.1) is 11.3 Å². The lowest BCUT2D eigenvalue weighted by molar-refractivity contribution is -0.123. The molecule has 1 aliphatic heterocycles. The van der Waals surface area contributed by atoms with E-state index in [9.17, 15) is 27.2 Å². The van der Waals surface area contributed by atoms with Crippen LogP contribution in [0.25, 0.3) is 20.9 Å². The molecule has 0 saturated heterocycles. The van der Waals surface area contributed by atoms with Gasteiger partial charge in [0.1, 0.15) is 34.6 Å². The standard InChI is InChI=1S/C32H22F6N6O2S/c33-16-5-13(6-17(34)9-16)7-22(40-24(45)12-44-27-25(26(43-44)28(35)36)19-10-20(19)32(27,37)38)21-3-4-23-29(41-21)42-31(47-23)14-1-2-15-11-39-30(46)18(15)8-14/h1-6,8-9,19-20,22,28H,7,10-12H2,(H,39,46)(H,40,45)/t19-,20+,22?/m0/s1. The van der Waals surface area contributed by atoms with E-state index in [1.807, 2.05) is 12.1 Å². The average Bonchev–Trinajstić information content (AvgIpc) is 3.25. The van der Waals surface area contributed by atoms with Crippen molar-refractivity contribution in [3.05, 3.63) is 99.5 Å². The van der Waals surface area contributed by atoms with Crippen LogP contribution in [0.1, 0.15) is 68.9 Å². The SMILES string of the molecule is O=C(Cn1nc(C(F)F)c2c1C(F)(F)[C@@H]1C[C@H]21)NC(Cc1cc(F)cc(F)c1)c1ccc2sc(-c3ccc4c(c3)C(=O)NC4)nc2n1. The van der Waals surface area contributed by atoms with E-state index < -0.39 is 65.7 Å². The molecule has 4 heterocycles. The maximum Gasteiger partial charge on any atom is 0.293 e. The summed E-state index contributed by atoms with van der Waals surface area (Å²) in [6.45, 7) is -0.339. The summed E-state index contributed by atoms with van der Waals surface area (Å²) in [5.41, 5.74) is 1.26. The van der Waals surface area contributed by atoms with Crippen LogP contribution in [0.2, 0.25) is 0 Å². The number of fused-ring (bicyclic) bond motifs is 5. The van der Waals surface area contributed by atoms with Crippen molar-refractivity contribution in [3.8, 4) is 10.6 Å². The van der Waals surface area contributed by atoms with E-state index in [2.05, 4.69) is 25.7 Å². The van der Waals surface area contributed by atoms with Gasteiger partial charge in [-0.2, -0.15) is 13.9 Å². The molecule has 0 spiro atoms. The number of nitrogens with one attached hydrogen (secondary N) is 2. The Morgan fingerprint density at radius 1 is 1.09 bits per heavy atom. The third kappa shape index (κ3) is 5.03. The number of nitrogens with zero attached hydrogens (tertiary/aromatic N) is 4. The number of carbonyl (C=O) groups is 2. The van der Waals surface area contributed by atoms with E-state index >= 15 is 8.78 Å². The highest BCUT2D eigenvalue weighted by Crippen LogP contribution is 2.68. The number of carbonyl (C=O) groups excluding carboxylic acids is 2. The number of halogens is 6. The summed E-state index contributed by atoms with van der Waals surface area (Å²) < 4.78 is 87.1. The van der Waals surface area contributed by atoms with Gasteiger partial charge in [-0.3, -0.25) is 14.3 Å². The van der Waals surface area contributed by atoms with Gasteiger partial charge in [0.2, 0.25) is 5.91 Å². The maximum atomic E-state index is 15.1. The number of hydrogen-bond acceptors (Lipinski definition) is 6. The first-order valence-corrected chi connectivity index (χ1v) is 15.5. The van der Waals surface area contributed by atoms with E-state index in [0.717, 1.165) is 17.7 Å². The molecule has 3 aliphatic rings. The molecule has 0 radical (unpaired) electrons. The monoisotopic (exact) mass is 668 g/mol. The Morgan fingerprint density at radius 3 is 2.64 bits per heavy atom. The van der Waals surface area contributed by atoms with Crippen molar-refractivity contribution in [3.63, 3.8) is 0 Å². The van der Waals surface area contributed by atoms with Gasteiger partial charge < -0.3 is 10.6 Å². The number of rotatable bonds is 8. The normalized spacial score (nSPS) is 19.4. The Hall–Kier alpha value is -4.79. The summed E-state index contributed by atoms with van der Waals surface area (Å²) in [7, 11) is 0. The first kappa shape index (κ1) is 29.6. The van der Waals surface area contributed by atoms with E-state index in [0.29, 0.717) is 43.8 Å². The smallest absolute Gasteiger partial charge is 0.293 e. The van der Waals surface area contributed by atoms with Crippen molar-refractivity contribution in [1.82, 2.24) is 30.4 Å². The van der Waals surface area contributed by atoms with Crippen LogP contribution in [-0.4, -0.2) is 31.6 Å². The van der Waals surface area contributed by atoms with Gasteiger partial charge in [0, 0.05) is 35.2 Å². The van der Waals surface area contributed by atoms with Crippen LogP contribution in [0, 0.1) is 17.6 Å². The minimum atomic E-state index is -3.41. The van der Waals surface area contributed by atoms with E-state index in [4.69, 9.17) is 0 Å². The van der Waals surface area contributed by atoms with Gasteiger partial charge in [0.25, 0.3) is 18.3 Å². The minimum absolute atomic E-state index is 0.0815. The fourth-order valence-corrected chi connectivity index (χ4v) is 7.55. The fraction of sp³-hybridized carbons (Fsp3) is 0.281. The molecule has 1 unspecified atom stereocenters. The predicted octanol–water partition coefficient (Wildman–Crippen LogP) is 6.32. The lowest BCUT2D eigenvalue weighted by Gasteiger charge is -2.20. The highest BCUT2D eigenvalue weighted by Gasteiger charge is 2.67. The lowest BCUT2D eigenvalue weighted by atomic mass is 10.0. The second kappa shape index (κ2) is 10.6. The Bertz CT molecular complexity index is 2110. The third-order valence-electron chi connectivity index (χ3n) is 8.83. The van der Waals surface area contributed by atoms with Gasteiger partial charge in [-0.25, -0.2) is 27.5 Å². The van der Waals surface area contributed by atoms with Gasteiger partial charge >= 0.3 is 0 Å². The van der Waals surface area contributed by atoms with Crippen LogP contribution < -0.4 is 10.6 Å². The van der Waals surface area contributed by atoms with Crippen molar-refractivity contribution in [1.29, 1.82) is 0 Å². The molecule has 3 aromatic heterocycles. The molecule has 15 heteroatoms. The van der Waals surface area contributed by atoms with E-state index in [1.54, 1.807) is 18.2 Å². The summed E-state index contributed by atoms with van der Waals surface area (Å²) in [5.74, 6) is -7.92. The van der Waals surface area contributed by atoms with E-state index in [1.165, 1.54) is 11.3 Å². The quantitative estimate of drug-likeness (QED) is 0.189. The topological polar surface area (TPSA) is 102 Å². The second-order valence-corrected chi connectivity index (χ2v) is 12.9. The Kier molecular flexibility index (Phi) is 6.69. The molecule has 2 N–H and O–H groups in total. The third-order valence-corrected chi connectivity index (χ3v) is 9.89. The zero-order valence-electron chi connectivity index (χ0n) is 24.0. The van der Waals surface area contributed by atoms with Crippen molar-refractivity contribution in [2.75, 3.05) is 0 Å². The van der Waals surface area contributed by atoms with Gasteiger partial charge in [0.05, 0.1) is 16.4 Å². The highest BCUT2D eigenvalue weighted by molar-refractivity contribution is 7.21. The molecule has 8 rings (SSSR count). The zero-order chi connectivity index (χ0) is 32.8. The molecule has 2 aromatic carbocycles. The van der Waals surface area contributed by atoms with Crippen LogP contribution in [-0.2, 0) is 30.2 Å². The lowest BCUT2D eigenvalue weighted by Crippen LogP contribution is -2.35. The summed E-state index contributed by atoms with van der Waals surface area (Å²) in [6.07, 6.45) is -3.15. The van der Waals surface area contributed by atoms with Crippen molar-refractivity contribution in [2.24, 2.45) is 5.92 Å². The Morgan fingerprint density at radius 2 is 1.87 bits per heavy atom. The molecule has 3 atom stereocenters. The molecule has 2 aliphatic carbocycles. The zero-order valence-corrected chi connectivity index (χ0v) is 24.9. The van der Waals surface area contributed by atoms with Crippen molar-refractivity contribution < 1.29 is 35.9 Å². The summed E-state index contributed by atoms with van der Waals surface area (Å²) in [5, 5.41) is 9.74. The number of pyridine rings is 1. The molecule has 0 bridgehead atoms. The highest BCUT2D eigenvalue weighted by atomic mass is 32.1. The summed E-state index contributed by atoms with van der Waals surface area (Å²) in [4.78, 5) is 34.8. The molecule has 5 aromatic rings. The van der Waals surface area contributed by atoms with Gasteiger partial charge in [0.15, 0.2) is 5.65 Å². The molecule has 1 fully saturated rings. The second-order valence-electron chi connectivity index (χ2n) is 11.9. The number of amides is 2. The molecule has 1 saturated carbocycles. The number of alkyl halides is 4. The average molecular weight is 669 g/mol. The predicted molar refractivity (Wildman–Crippen MR) is 157 cm³/mol. The van der Waals surface area contributed by atoms with Crippen molar-refractivity contribution in [2.45, 2.75) is 50.2 Å². The van der Waals surface area contributed by atoms with Crippen LogP contribution >= 0.6 is 11.3 Å². The molecule has 240 valence electrons.